The highest BCUT2D eigenvalue weighted by Gasteiger charge is 2.24. The zero-order valence-electron chi connectivity index (χ0n) is 12.5. The summed E-state index contributed by atoms with van der Waals surface area (Å²) in [6, 6.07) is 5.98. The molecule has 0 radical (unpaired) electrons. The molecule has 1 unspecified atom stereocenters. The second-order valence-electron chi connectivity index (χ2n) is 5.60. The quantitative estimate of drug-likeness (QED) is 0.813. The van der Waals surface area contributed by atoms with Crippen LogP contribution in [0.4, 0.5) is 11.4 Å². The van der Waals surface area contributed by atoms with Gasteiger partial charge in [0, 0.05) is 13.1 Å². The second-order valence-corrected chi connectivity index (χ2v) is 5.60. The van der Waals surface area contributed by atoms with E-state index in [1.54, 1.807) is 0 Å². The van der Waals surface area contributed by atoms with Gasteiger partial charge >= 0.3 is 0 Å². The van der Waals surface area contributed by atoms with Crippen molar-refractivity contribution in [2.75, 3.05) is 30.3 Å². The Morgan fingerprint density at radius 2 is 2.10 bits per heavy atom. The minimum absolute atomic E-state index is 0.214. The van der Waals surface area contributed by atoms with Gasteiger partial charge in [0.2, 0.25) is 0 Å². The van der Waals surface area contributed by atoms with E-state index in [-0.39, 0.29) is 6.10 Å². The Labute approximate surface area is 121 Å². The highest BCUT2D eigenvalue weighted by atomic mass is 16.5. The number of nitrogens with zero attached hydrogens (tertiary/aromatic N) is 1. The van der Waals surface area contributed by atoms with Crippen molar-refractivity contribution >= 4 is 11.4 Å². The summed E-state index contributed by atoms with van der Waals surface area (Å²) in [5, 5.41) is 9.67. The number of nitrogen functional groups attached to an aromatic ring is 1. The fourth-order valence-electron chi connectivity index (χ4n) is 2.77. The van der Waals surface area contributed by atoms with Crippen LogP contribution in [0.25, 0.3) is 0 Å². The Hall–Kier alpha value is -1.42. The van der Waals surface area contributed by atoms with Gasteiger partial charge in [-0.1, -0.05) is 13.0 Å². The zero-order valence-corrected chi connectivity index (χ0v) is 12.5. The highest BCUT2D eigenvalue weighted by Crippen LogP contribution is 2.35. The van der Waals surface area contributed by atoms with Crippen molar-refractivity contribution in [3.63, 3.8) is 0 Å². The average Bonchev–Trinajstić information content (AvgIpc) is 2.46. The number of hydrogen-bond donors (Lipinski definition) is 2. The minimum Gasteiger partial charge on any atom is -0.491 e. The molecule has 1 fully saturated rings. The van der Waals surface area contributed by atoms with E-state index in [0.717, 1.165) is 49.5 Å². The van der Waals surface area contributed by atoms with Crippen LogP contribution in [0.5, 0.6) is 5.75 Å². The molecule has 0 aromatic heterocycles. The molecule has 4 heteroatoms. The van der Waals surface area contributed by atoms with Crippen LogP contribution >= 0.6 is 0 Å². The third-order valence-corrected chi connectivity index (χ3v) is 4.07. The molecule has 0 spiro atoms. The summed E-state index contributed by atoms with van der Waals surface area (Å²) in [5.74, 6) is 1.19. The first kappa shape index (κ1) is 15.0. The maximum Gasteiger partial charge on any atom is 0.144 e. The molecule has 4 nitrogen and oxygen atoms in total. The van der Waals surface area contributed by atoms with Gasteiger partial charge in [0.15, 0.2) is 0 Å². The molecule has 0 aliphatic carbocycles. The number of benzene rings is 1. The lowest BCUT2D eigenvalue weighted by Crippen LogP contribution is -2.37. The van der Waals surface area contributed by atoms with Crippen LogP contribution < -0.4 is 15.4 Å². The lowest BCUT2D eigenvalue weighted by molar-refractivity contribution is 0.110. The van der Waals surface area contributed by atoms with Crippen LogP contribution in [0.2, 0.25) is 0 Å². The number of hydrogen-bond acceptors (Lipinski definition) is 4. The van der Waals surface area contributed by atoms with Crippen LogP contribution in [0.15, 0.2) is 18.2 Å². The van der Waals surface area contributed by atoms with Gasteiger partial charge in [-0.15, -0.1) is 0 Å². The van der Waals surface area contributed by atoms with E-state index >= 15 is 0 Å². The molecule has 2 rings (SSSR count). The monoisotopic (exact) mass is 278 g/mol. The molecular weight excluding hydrogens is 252 g/mol. The number of piperidine rings is 1. The van der Waals surface area contributed by atoms with E-state index in [4.69, 9.17) is 10.5 Å². The molecule has 1 heterocycles. The molecule has 112 valence electrons. The Balaban J connectivity index is 2.06. The van der Waals surface area contributed by atoms with E-state index < -0.39 is 0 Å². The lowest BCUT2D eigenvalue weighted by Gasteiger charge is -2.35. The van der Waals surface area contributed by atoms with E-state index in [1.165, 1.54) is 0 Å². The number of ether oxygens (including phenoxy) is 1. The molecule has 1 atom stereocenters. The van der Waals surface area contributed by atoms with Crippen LogP contribution in [-0.2, 0) is 0 Å². The summed E-state index contributed by atoms with van der Waals surface area (Å²) in [6.07, 6.45) is 2.78. The standard InChI is InChI=1S/C16H26N2O2/c1-3-11-20-15-6-4-5-14(16(15)17)18-9-7-13(8-10-18)12(2)19/h4-6,12-13,19H,3,7-11,17H2,1-2H3. The molecule has 1 aromatic carbocycles. The van der Waals surface area contributed by atoms with E-state index in [0.29, 0.717) is 12.5 Å². The lowest BCUT2D eigenvalue weighted by atomic mass is 9.92. The van der Waals surface area contributed by atoms with Gasteiger partial charge in [-0.05, 0) is 44.2 Å². The summed E-state index contributed by atoms with van der Waals surface area (Å²) in [7, 11) is 0. The van der Waals surface area contributed by atoms with Gasteiger partial charge in [-0.2, -0.15) is 0 Å². The highest BCUT2D eigenvalue weighted by molar-refractivity contribution is 5.74. The maximum atomic E-state index is 9.67. The maximum absolute atomic E-state index is 9.67. The van der Waals surface area contributed by atoms with Gasteiger partial charge in [-0.3, -0.25) is 0 Å². The zero-order chi connectivity index (χ0) is 14.5. The Kier molecular flexibility index (Phi) is 5.12. The normalized spacial score (nSPS) is 18.1. The van der Waals surface area contributed by atoms with Crippen molar-refractivity contribution < 1.29 is 9.84 Å². The van der Waals surface area contributed by atoms with Crippen molar-refractivity contribution in [1.82, 2.24) is 0 Å². The Morgan fingerprint density at radius 1 is 1.40 bits per heavy atom. The number of rotatable bonds is 5. The van der Waals surface area contributed by atoms with Gasteiger partial charge in [0.25, 0.3) is 0 Å². The predicted octanol–water partition coefficient (Wildman–Crippen LogP) is 2.65. The van der Waals surface area contributed by atoms with Crippen LogP contribution in [0.1, 0.15) is 33.1 Å². The average molecular weight is 278 g/mol. The first-order chi connectivity index (χ1) is 9.63. The molecular formula is C16H26N2O2. The van der Waals surface area contributed by atoms with Crippen molar-refractivity contribution in [1.29, 1.82) is 0 Å². The molecule has 1 aromatic rings. The van der Waals surface area contributed by atoms with Crippen LogP contribution in [0.3, 0.4) is 0 Å². The molecule has 0 saturated carbocycles. The smallest absolute Gasteiger partial charge is 0.144 e. The van der Waals surface area contributed by atoms with E-state index in [2.05, 4.69) is 17.9 Å². The number of para-hydroxylation sites is 1. The predicted molar refractivity (Wildman–Crippen MR) is 83.3 cm³/mol. The molecule has 0 amide bonds. The van der Waals surface area contributed by atoms with Crippen molar-refractivity contribution in [2.45, 2.75) is 39.2 Å². The van der Waals surface area contributed by atoms with E-state index in [1.807, 2.05) is 19.1 Å². The molecule has 0 bridgehead atoms. The van der Waals surface area contributed by atoms with Crippen LogP contribution in [-0.4, -0.2) is 30.9 Å². The summed E-state index contributed by atoms with van der Waals surface area (Å²) in [4.78, 5) is 2.30. The summed E-state index contributed by atoms with van der Waals surface area (Å²) in [5.41, 5.74) is 8.02. The van der Waals surface area contributed by atoms with Gasteiger partial charge < -0.3 is 20.5 Å². The summed E-state index contributed by atoms with van der Waals surface area (Å²) in [6.45, 7) is 6.54. The topological polar surface area (TPSA) is 58.7 Å². The third-order valence-electron chi connectivity index (χ3n) is 4.07. The summed E-state index contributed by atoms with van der Waals surface area (Å²) < 4.78 is 5.69. The molecule has 1 aliphatic rings. The number of aliphatic hydroxyl groups is 1. The third kappa shape index (κ3) is 3.37. The molecule has 1 aliphatic heterocycles. The minimum atomic E-state index is -0.214. The molecule has 20 heavy (non-hydrogen) atoms. The Morgan fingerprint density at radius 3 is 2.70 bits per heavy atom. The number of anilines is 2. The fraction of sp³-hybridized carbons (Fsp3) is 0.625. The summed E-state index contributed by atoms with van der Waals surface area (Å²) >= 11 is 0. The van der Waals surface area contributed by atoms with E-state index in [9.17, 15) is 5.11 Å². The molecule has 1 saturated heterocycles. The SMILES string of the molecule is CCCOc1cccc(N2CCC(C(C)O)CC2)c1N. The van der Waals surface area contributed by atoms with Crippen molar-refractivity contribution in [3.05, 3.63) is 18.2 Å². The fourth-order valence-corrected chi connectivity index (χ4v) is 2.77. The first-order valence-corrected chi connectivity index (χ1v) is 7.57. The van der Waals surface area contributed by atoms with Gasteiger partial charge in [-0.25, -0.2) is 0 Å². The Bertz CT molecular complexity index is 426. The number of aliphatic hydroxyl groups excluding tert-OH is 1. The molecule has 3 N–H and O–H groups in total. The largest absolute Gasteiger partial charge is 0.491 e. The van der Waals surface area contributed by atoms with Crippen molar-refractivity contribution in [2.24, 2.45) is 5.92 Å². The van der Waals surface area contributed by atoms with Gasteiger partial charge in [0.1, 0.15) is 5.75 Å². The van der Waals surface area contributed by atoms with Gasteiger partial charge in [0.05, 0.1) is 24.1 Å². The number of nitrogens with two attached hydrogens (primary N) is 1. The van der Waals surface area contributed by atoms with Crippen LogP contribution in [0, 0.1) is 5.92 Å². The second kappa shape index (κ2) is 6.84. The first-order valence-electron chi connectivity index (χ1n) is 7.57. The van der Waals surface area contributed by atoms with Crippen molar-refractivity contribution in [3.8, 4) is 5.75 Å².